The maximum absolute atomic E-state index is 12.0. The summed E-state index contributed by atoms with van der Waals surface area (Å²) in [6.45, 7) is 1.91. The summed E-state index contributed by atoms with van der Waals surface area (Å²) in [6, 6.07) is 8.96. The van der Waals surface area contributed by atoms with Crippen molar-refractivity contribution in [2.45, 2.75) is 19.8 Å². The largest absolute Gasteiger partial charge is 0.421 e. The molecule has 24 heavy (non-hydrogen) atoms. The third kappa shape index (κ3) is 3.97. The predicted molar refractivity (Wildman–Crippen MR) is 90.7 cm³/mol. The first-order valence-electron chi connectivity index (χ1n) is 7.40. The second-order valence-electron chi connectivity index (χ2n) is 5.25. The molecule has 0 aliphatic carbocycles. The second kappa shape index (κ2) is 7.23. The number of nitrogens with one attached hydrogen (secondary N) is 1. The van der Waals surface area contributed by atoms with Gasteiger partial charge in [0.1, 0.15) is 0 Å². The minimum absolute atomic E-state index is 0.140. The standard InChI is InChI=1S/C17H15ClN4O2/c1-11-2-3-13(10-14(11)18)20-15(23)4-5-16-21-22-17(24-16)12-6-8-19-9-7-12/h2-3,6-10H,4-5H2,1H3,(H,20,23). The van der Waals surface area contributed by atoms with E-state index in [2.05, 4.69) is 20.5 Å². The van der Waals surface area contributed by atoms with Crippen molar-refractivity contribution in [3.05, 3.63) is 59.2 Å². The number of rotatable bonds is 5. The van der Waals surface area contributed by atoms with Crippen molar-refractivity contribution in [1.82, 2.24) is 15.2 Å². The van der Waals surface area contributed by atoms with Gasteiger partial charge in [0.15, 0.2) is 0 Å². The number of anilines is 1. The second-order valence-corrected chi connectivity index (χ2v) is 5.66. The smallest absolute Gasteiger partial charge is 0.247 e. The van der Waals surface area contributed by atoms with E-state index in [0.717, 1.165) is 11.1 Å². The first kappa shape index (κ1) is 16.1. The molecule has 0 spiro atoms. The van der Waals surface area contributed by atoms with Gasteiger partial charge in [-0.15, -0.1) is 10.2 Å². The Morgan fingerprint density at radius 2 is 2.00 bits per heavy atom. The van der Waals surface area contributed by atoms with Gasteiger partial charge in [-0.3, -0.25) is 9.78 Å². The van der Waals surface area contributed by atoms with Gasteiger partial charge in [0.25, 0.3) is 0 Å². The number of hydrogen-bond donors (Lipinski definition) is 1. The van der Waals surface area contributed by atoms with Gasteiger partial charge in [-0.05, 0) is 36.8 Å². The molecule has 1 aromatic carbocycles. The van der Waals surface area contributed by atoms with E-state index < -0.39 is 0 Å². The normalized spacial score (nSPS) is 10.6. The van der Waals surface area contributed by atoms with Crippen molar-refractivity contribution < 1.29 is 9.21 Å². The van der Waals surface area contributed by atoms with Crippen LogP contribution in [0.25, 0.3) is 11.5 Å². The number of aromatic nitrogens is 3. The molecule has 3 aromatic rings. The van der Waals surface area contributed by atoms with Crippen LogP contribution >= 0.6 is 11.6 Å². The van der Waals surface area contributed by atoms with Gasteiger partial charge in [0, 0.05) is 41.5 Å². The lowest BCUT2D eigenvalue weighted by atomic mass is 10.2. The van der Waals surface area contributed by atoms with Gasteiger partial charge < -0.3 is 9.73 Å². The fraction of sp³-hybridized carbons (Fsp3) is 0.176. The summed E-state index contributed by atoms with van der Waals surface area (Å²) in [5.74, 6) is 0.690. The van der Waals surface area contributed by atoms with Crippen LogP contribution in [-0.4, -0.2) is 21.1 Å². The SMILES string of the molecule is Cc1ccc(NC(=O)CCc2nnc(-c3ccncc3)o2)cc1Cl. The Hall–Kier alpha value is -2.73. The molecule has 2 aromatic heterocycles. The Labute approximate surface area is 143 Å². The molecule has 1 N–H and O–H groups in total. The van der Waals surface area contributed by atoms with Gasteiger partial charge in [-0.25, -0.2) is 0 Å². The number of aryl methyl sites for hydroxylation is 2. The van der Waals surface area contributed by atoms with Crippen LogP contribution in [0.4, 0.5) is 5.69 Å². The van der Waals surface area contributed by atoms with Crippen LogP contribution in [0.15, 0.2) is 47.1 Å². The molecule has 7 heteroatoms. The summed E-state index contributed by atoms with van der Waals surface area (Å²) >= 11 is 6.04. The highest BCUT2D eigenvalue weighted by Gasteiger charge is 2.11. The van der Waals surface area contributed by atoms with Crippen molar-refractivity contribution in [2.75, 3.05) is 5.32 Å². The molecule has 1 amide bonds. The molecule has 0 fully saturated rings. The molecule has 0 bridgehead atoms. The van der Waals surface area contributed by atoms with Crippen molar-refractivity contribution in [2.24, 2.45) is 0 Å². The fourth-order valence-electron chi connectivity index (χ4n) is 2.08. The maximum atomic E-state index is 12.0. The lowest BCUT2D eigenvalue weighted by Crippen LogP contribution is -2.12. The van der Waals surface area contributed by atoms with Crippen molar-refractivity contribution in [1.29, 1.82) is 0 Å². The minimum Gasteiger partial charge on any atom is -0.421 e. The third-order valence-electron chi connectivity index (χ3n) is 3.42. The highest BCUT2D eigenvalue weighted by molar-refractivity contribution is 6.31. The van der Waals surface area contributed by atoms with Crippen molar-refractivity contribution >= 4 is 23.2 Å². The lowest BCUT2D eigenvalue weighted by Gasteiger charge is -2.06. The Morgan fingerprint density at radius 1 is 1.21 bits per heavy atom. The zero-order valence-electron chi connectivity index (χ0n) is 13.0. The lowest BCUT2D eigenvalue weighted by molar-refractivity contribution is -0.116. The molecule has 0 saturated heterocycles. The first-order valence-corrected chi connectivity index (χ1v) is 7.78. The quantitative estimate of drug-likeness (QED) is 0.765. The number of nitrogens with zero attached hydrogens (tertiary/aromatic N) is 3. The summed E-state index contributed by atoms with van der Waals surface area (Å²) in [4.78, 5) is 15.9. The molecule has 3 rings (SSSR count). The number of pyridine rings is 1. The fourth-order valence-corrected chi connectivity index (χ4v) is 2.26. The van der Waals surface area contributed by atoms with Crippen LogP contribution in [0.3, 0.4) is 0 Å². The van der Waals surface area contributed by atoms with Gasteiger partial charge in [0.2, 0.25) is 17.7 Å². The Kier molecular flexibility index (Phi) is 4.86. The number of hydrogen-bond acceptors (Lipinski definition) is 5. The first-order chi connectivity index (χ1) is 11.6. The summed E-state index contributed by atoms with van der Waals surface area (Å²) in [6.07, 6.45) is 3.91. The molecule has 0 aliphatic heterocycles. The zero-order valence-corrected chi connectivity index (χ0v) is 13.7. The van der Waals surface area contributed by atoms with Gasteiger partial charge in [-0.1, -0.05) is 17.7 Å². The predicted octanol–water partition coefficient (Wildman–Crippen LogP) is 3.66. The minimum atomic E-state index is -0.140. The van der Waals surface area contributed by atoms with Gasteiger partial charge in [0.05, 0.1) is 0 Å². The summed E-state index contributed by atoms with van der Waals surface area (Å²) in [7, 11) is 0. The number of amides is 1. The Bertz CT molecular complexity index is 849. The third-order valence-corrected chi connectivity index (χ3v) is 3.82. The van der Waals surface area contributed by atoms with Gasteiger partial charge in [-0.2, -0.15) is 0 Å². The van der Waals surface area contributed by atoms with Crippen molar-refractivity contribution in [3.63, 3.8) is 0 Å². The molecule has 0 aliphatic rings. The molecule has 0 atom stereocenters. The summed E-state index contributed by atoms with van der Waals surface area (Å²) in [5.41, 5.74) is 2.42. The number of halogens is 1. The van der Waals surface area contributed by atoms with Crippen LogP contribution in [0.2, 0.25) is 5.02 Å². The van der Waals surface area contributed by atoms with E-state index in [-0.39, 0.29) is 12.3 Å². The van der Waals surface area contributed by atoms with E-state index >= 15 is 0 Å². The maximum Gasteiger partial charge on any atom is 0.247 e. The van der Waals surface area contributed by atoms with E-state index in [1.807, 2.05) is 19.1 Å². The highest BCUT2D eigenvalue weighted by Crippen LogP contribution is 2.20. The molecular formula is C17H15ClN4O2. The average molecular weight is 343 g/mol. The molecule has 0 saturated carbocycles. The van der Waals surface area contributed by atoms with Crippen LogP contribution in [-0.2, 0) is 11.2 Å². The molecule has 2 heterocycles. The van der Waals surface area contributed by atoms with E-state index in [9.17, 15) is 4.79 Å². The molecule has 0 unspecified atom stereocenters. The molecule has 6 nitrogen and oxygen atoms in total. The number of benzene rings is 1. The van der Waals surface area contributed by atoms with Crippen LogP contribution < -0.4 is 5.32 Å². The monoisotopic (exact) mass is 342 g/mol. The summed E-state index contributed by atoms with van der Waals surface area (Å²) in [5, 5.41) is 11.3. The molecular weight excluding hydrogens is 328 g/mol. The van der Waals surface area contributed by atoms with E-state index in [1.54, 1.807) is 30.6 Å². The number of carbonyl (C=O) groups excluding carboxylic acids is 1. The highest BCUT2D eigenvalue weighted by atomic mass is 35.5. The number of carbonyl (C=O) groups is 1. The van der Waals surface area contributed by atoms with Crippen LogP contribution in [0.5, 0.6) is 0 Å². The van der Waals surface area contributed by atoms with E-state index in [1.165, 1.54) is 0 Å². The van der Waals surface area contributed by atoms with E-state index in [4.69, 9.17) is 16.0 Å². The average Bonchev–Trinajstić information content (AvgIpc) is 3.06. The molecule has 0 radical (unpaired) electrons. The summed E-state index contributed by atoms with van der Waals surface area (Å²) < 4.78 is 5.55. The van der Waals surface area contributed by atoms with Crippen LogP contribution in [0, 0.1) is 6.92 Å². The van der Waals surface area contributed by atoms with E-state index in [0.29, 0.717) is 28.9 Å². The Balaban J connectivity index is 1.56. The zero-order chi connectivity index (χ0) is 16.9. The van der Waals surface area contributed by atoms with Gasteiger partial charge >= 0.3 is 0 Å². The van der Waals surface area contributed by atoms with Crippen LogP contribution in [0.1, 0.15) is 17.9 Å². The molecule has 122 valence electrons. The Morgan fingerprint density at radius 3 is 2.75 bits per heavy atom. The van der Waals surface area contributed by atoms with Crippen molar-refractivity contribution in [3.8, 4) is 11.5 Å². The topological polar surface area (TPSA) is 80.9 Å².